The maximum absolute atomic E-state index is 12.0. The van der Waals surface area contributed by atoms with Gasteiger partial charge in [0.25, 0.3) is 0 Å². The molecule has 0 bridgehead atoms. The molecule has 0 N–H and O–H groups in total. The van der Waals surface area contributed by atoms with Gasteiger partial charge < -0.3 is 9.47 Å². The third-order valence-corrected chi connectivity index (χ3v) is 3.29. The van der Waals surface area contributed by atoms with Crippen LogP contribution in [0.15, 0.2) is 29.3 Å². The monoisotopic (exact) mass is 315 g/mol. The van der Waals surface area contributed by atoms with Gasteiger partial charge in [-0.05, 0) is 19.4 Å². The standard InChI is InChI=1S/C14H15Cl2NO3/c1-3-19-14(18)10-11(20-13(17-10)12(15)16)9-6-4-8(2)5-7-9/h4-7,10-12H,3H2,1-2H3/t10-,11+/m0/s1. The first-order chi connectivity index (χ1) is 9.52. The molecule has 0 aliphatic carbocycles. The maximum atomic E-state index is 12.0. The van der Waals surface area contributed by atoms with Crippen molar-refractivity contribution in [3.05, 3.63) is 35.4 Å². The largest absolute Gasteiger partial charge is 0.468 e. The first-order valence-corrected chi connectivity index (χ1v) is 7.16. The van der Waals surface area contributed by atoms with Crippen molar-refractivity contribution in [3.63, 3.8) is 0 Å². The highest BCUT2D eigenvalue weighted by Crippen LogP contribution is 2.32. The summed E-state index contributed by atoms with van der Waals surface area (Å²) in [6.07, 6.45) is -0.551. The van der Waals surface area contributed by atoms with Crippen molar-refractivity contribution >= 4 is 35.1 Å². The van der Waals surface area contributed by atoms with Gasteiger partial charge in [-0.2, -0.15) is 0 Å². The summed E-state index contributed by atoms with van der Waals surface area (Å²) in [6, 6.07) is 6.90. The van der Waals surface area contributed by atoms with E-state index in [1.165, 1.54) is 0 Å². The number of hydrogen-bond acceptors (Lipinski definition) is 4. The summed E-state index contributed by atoms with van der Waals surface area (Å²) in [5.41, 5.74) is 1.95. The van der Waals surface area contributed by atoms with E-state index in [1.807, 2.05) is 31.2 Å². The topological polar surface area (TPSA) is 47.9 Å². The summed E-state index contributed by atoms with van der Waals surface area (Å²) in [7, 11) is 0. The van der Waals surface area contributed by atoms with E-state index < -0.39 is 23.0 Å². The fourth-order valence-corrected chi connectivity index (χ4v) is 2.16. The van der Waals surface area contributed by atoms with Crippen LogP contribution in [0.5, 0.6) is 0 Å². The number of halogens is 2. The van der Waals surface area contributed by atoms with Crippen LogP contribution in [0.4, 0.5) is 0 Å². The second-order valence-corrected chi connectivity index (χ2v) is 5.51. The van der Waals surface area contributed by atoms with Crippen molar-refractivity contribution in [2.75, 3.05) is 6.61 Å². The van der Waals surface area contributed by atoms with E-state index in [-0.39, 0.29) is 12.5 Å². The number of benzene rings is 1. The van der Waals surface area contributed by atoms with Gasteiger partial charge in [0.05, 0.1) is 6.61 Å². The molecule has 20 heavy (non-hydrogen) atoms. The number of esters is 1. The summed E-state index contributed by atoms with van der Waals surface area (Å²) < 4.78 is 10.6. The van der Waals surface area contributed by atoms with Gasteiger partial charge in [-0.15, -0.1) is 0 Å². The number of aryl methyl sites for hydroxylation is 1. The van der Waals surface area contributed by atoms with E-state index in [1.54, 1.807) is 6.92 Å². The van der Waals surface area contributed by atoms with Gasteiger partial charge in [0.1, 0.15) is 0 Å². The summed E-state index contributed by atoms with van der Waals surface area (Å²) in [4.78, 5) is 15.2. The number of aliphatic imine (C=N–C) groups is 1. The average molecular weight is 316 g/mol. The second kappa shape index (κ2) is 6.46. The molecule has 0 amide bonds. The minimum absolute atomic E-state index is 0.150. The Morgan fingerprint density at radius 2 is 2.05 bits per heavy atom. The molecule has 1 aromatic rings. The zero-order valence-electron chi connectivity index (χ0n) is 11.2. The molecule has 108 valence electrons. The fourth-order valence-electron chi connectivity index (χ4n) is 1.95. The van der Waals surface area contributed by atoms with E-state index in [2.05, 4.69) is 4.99 Å². The van der Waals surface area contributed by atoms with Crippen molar-refractivity contribution in [1.82, 2.24) is 0 Å². The van der Waals surface area contributed by atoms with Gasteiger partial charge >= 0.3 is 5.97 Å². The molecule has 0 fully saturated rings. The zero-order valence-corrected chi connectivity index (χ0v) is 12.7. The molecule has 0 spiro atoms. The van der Waals surface area contributed by atoms with E-state index in [9.17, 15) is 4.79 Å². The van der Waals surface area contributed by atoms with Crippen LogP contribution in [-0.4, -0.2) is 29.4 Å². The molecular formula is C14H15Cl2NO3. The van der Waals surface area contributed by atoms with Gasteiger partial charge in [-0.25, -0.2) is 9.79 Å². The third-order valence-electron chi connectivity index (χ3n) is 2.92. The Kier molecular flexibility index (Phi) is 4.89. The number of carbonyl (C=O) groups excluding carboxylic acids is 1. The van der Waals surface area contributed by atoms with E-state index in [0.29, 0.717) is 0 Å². The normalized spacial score (nSPS) is 21.6. The lowest BCUT2D eigenvalue weighted by molar-refractivity contribution is -0.146. The molecule has 0 saturated carbocycles. The lowest BCUT2D eigenvalue weighted by atomic mass is 10.0. The Bertz CT molecular complexity index is 514. The number of hydrogen-bond donors (Lipinski definition) is 0. The van der Waals surface area contributed by atoms with Crippen LogP contribution in [0.2, 0.25) is 0 Å². The van der Waals surface area contributed by atoms with Crippen molar-refractivity contribution < 1.29 is 14.3 Å². The van der Waals surface area contributed by atoms with Gasteiger partial charge in [-0.1, -0.05) is 53.0 Å². The molecule has 2 rings (SSSR count). The summed E-state index contributed by atoms with van der Waals surface area (Å²) in [6.45, 7) is 4.01. The molecule has 1 aliphatic heterocycles. The second-order valence-electron chi connectivity index (χ2n) is 4.41. The minimum Gasteiger partial charge on any atom is -0.468 e. The Balaban J connectivity index is 2.26. The molecule has 4 nitrogen and oxygen atoms in total. The predicted molar refractivity (Wildman–Crippen MR) is 78.4 cm³/mol. The van der Waals surface area contributed by atoms with Crippen LogP contribution in [0.25, 0.3) is 0 Å². The van der Waals surface area contributed by atoms with Gasteiger partial charge in [0.2, 0.25) is 5.90 Å². The molecular weight excluding hydrogens is 301 g/mol. The smallest absolute Gasteiger partial charge is 0.335 e. The Hall–Kier alpha value is -1.26. The number of alkyl halides is 2. The molecule has 1 aromatic carbocycles. The SMILES string of the molecule is CCOC(=O)[C@H]1N=C(C(Cl)Cl)O[C@@H]1c1ccc(C)cc1. The summed E-state index contributed by atoms with van der Waals surface area (Å²) >= 11 is 11.5. The molecule has 2 atom stereocenters. The predicted octanol–water partition coefficient (Wildman–Crippen LogP) is 3.20. The highest BCUT2D eigenvalue weighted by Gasteiger charge is 2.40. The quantitative estimate of drug-likeness (QED) is 0.633. The molecule has 0 unspecified atom stereocenters. The van der Waals surface area contributed by atoms with Crippen LogP contribution < -0.4 is 0 Å². The molecule has 0 radical (unpaired) electrons. The Morgan fingerprint density at radius 1 is 1.40 bits per heavy atom. The first kappa shape index (κ1) is 15.1. The van der Waals surface area contributed by atoms with E-state index in [0.717, 1.165) is 11.1 Å². The van der Waals surface area contributed by atoms with Crippen molar-refractivity contribution in [2.45, 2.75) is 30.8 Å². The number of carbonyl (C=O) groups is 1. The van der Waals surface area contributed by atoms with Gasteiger partial charge in [-0.3, -0.25) is 0 Å². The van der Waals surface area contributed by atoms with Gasteiger partial charge in [0.15, 0.2) is 17.0 Å². The zero-order chi connectivity index (χ0) is 14.7. The molecule has 1 heterocycles. The molecule has 0 saturated heterocycles. The van der Waals surface area contributed by atoms with E-state index in [4.69, 9.17) is 32.7 Å². The third kappa shape index (κ3) is 3.25. The Morgan fingerprint density at radius 3 is 2.60 bits per heavy atom. The molecule has 0 aromatic heterocycles. The van der Waals surface area contributed by atoms with Crippen LogP contribution in [0.1, 0.15) is 24.2 Å². The first-order valence-electron chi connectivity index (χ1n) is 6.28. The van der Waals surface area contributed by atoms with Crippen molar-refractivity contribution in [1.29, 1.82) is 0 Å². The summed E-state index contributed by atoms with van der Waals surface area (Å²) in [5.74, 6) is -0.293. The number of rotatable bonds is 4. The van der Waals surface area contributed by atoms with Gasteiger partial charge in [0, 0.05) is 0 Å². The molecule has 6 heteroatoms. The lowest BCUT2D eigenvalue weighted by Gasteiger charge is -2.17. The average Bonchev–Trinajstić information content (AvgIpc) is 2.85. The fraction of sp³-hybridized carbons (Fsp3) is 0.429. The van der Waals surface area contributed by atoms with Crippen LogP contribution in [-0.2, 0) is 14.3 Å². The van der Waals surface area contributed by atoms with Crippen LogP contribution in [0.3, 0.4) is 0 Å². The van der Waals surface area contributed by atoms with Crippen molar-refractivity contribution in [2.24, 2.45) is 4.99 Å². The number of ether oxygens (including phenoxy) is 2. The van der Waals surface area contributed by atoms with Crippen LogP contribution in [0, 0.1) is 6.92 Å². The Labute approximate surface area is 127 Å². The maximum Gasteiger partial charge on any atom is 0.335 e. The minimum atomic E-state index is -0.901. The number of nitrogens with zero attached hydrogens (tertiary/aromatic N) is 1. The highest BCUT2D eigenvalue weighted by molar-refractivity contribution is 6.53. The molecule has 1 aliphatic rings. The van der Waals surface area contributed by atoms with Crippen LogP contribution >= 0.6 is 23.2 Å². The highest BCUT2D eigenvalue weighted by atomic mass is 35.5. The van der Waals surface area contributed by atoms with E-state index >= 15 is 0 Å². The summed E-state index contributed by atoms with van der Waals surface area (Å²) in [5, 5.41) is 0. The van der Waals surface area contributed by atoms with Crippen molar-refractivity contribution in [3.8, 4) is 0 Å². The lowest BCUT2D eigenvalue weighted by Crippen LogP contribution is -2.26.